The van der Waals surface area contributed by atoms with Crippen LogP contribution < -0.4 is 10.6 Å². The summed E-state index contributed by atoms with van der Waals surface area (Å²) in [4.78, 5) is 10.9. The van der Waals surface area contributed by atoms with Gasteiger partial charge < -0.3 is 15.7 Å². The maximum absolute atomic E-state index is 10.9. The molecule has 2 aromatic carbocycles. The Balaban J connectivity index is 1.88. The van der Waals surface area contributed by atoms with Gasteiger partial charge in [0, 0.05) is 26.1 Å². The third-order valence-electron chi connectivity index (χ3n) is 4.15. The molecule has 0 heterocycles. The fourth-order valence-electron chi connectivity index (χ4n) is 2.62. The summed E-state index contributed by atoms with van der Waals surface area (Å²) in [5, 5.41) is 15.7. The van der Waals surface area contributed by atoms with Crippen LogP contribution >= 0.6 is 0 Å². The Hall–Kier alpha value is -2.17. The first-order chi connectivity index (χ1) is 11.6. The van der Waals surface area contributed by atoms with Crippen LogP contribution in [0.15, 0.2) is 48.5 Å². The molecule has 0 fully saturated rings. The topological polar surface area (TPSA) is 61.4 Å². The van der Waals surface area contributed by atoms with Crippen molar-refractivity contribution in [2.45, 2.75) is 39.5 Å². The average Bonchev–Trinajstić information content (AvgIpc) is 2.60. The lowest BCUT2D eigenvalue weighted by Gasteiger charge is -2.16. The highest BCUT2D eigenvalue weighted by Crippen LogP contribution is 2.16. The van der Waals surface area contributed by atoms with E-state index in [1.165, 1.54) is 18.1 Å². The Bertz CT molecular complexity index is 653. The average molecular weight is 326 g/mol. The minimum Gasteiger partial charge on any atom is -0.392 e. The minimum atomic E-state index is 0.00704. The minimum absolute atomic E-state index is 0.00704. The standard InChI is InChI=1S/C20H26N2O2/c1-15(22-13-19-5-3-4-6-20(19)14-23)18-9-7-17(8-10-18)11-12-21-16(2)24/h3-10,15,22-23H,11-14H2,1-2H3,(H,21,24). The van der Waals surface area contributed by atoms with Crippen LogP contribution in [-0.4, -0.2) is 17.6 Å². The Morgan fingerprint density at radius 3 is 2.38 bits per heavy atom. The van der Waals surface area contributed by atoms with Gasteiger partial charge in [0.2, 0.25) is 5.91 Å². The van der Waals surface area contributed by atoms with E-state index in [4.69, 9.17) is 0 Å². The molecule has 4 heteroatoms. The van der Waals surface area contributed by atoms with E-state index in [1.807, 2.05) is 24.3 Å². The molecule has 0 radical (unpaired) electrons. The number of aliphatic hydroxyl groups is 1. The zero-order chi connectivity index (χ0) is 17.4. The van der Waals surface area contributed by atoms with Crippen molar-refractivity contribution in [3.8, 4) is 0 Å². The first kappa shape index (κ1) is 18.2. The van der Waals surface area contributed by atoms with Crippen LogP contribution in [0.1, 0.15) is 42.1 Å². The summed E-state index contributed by atoms with van der Waals surface area (Å²) in [6.45, 7) is 5.12. The molecule has 0 aliphatic carbocycles. The molecular formula is C20H26N2O2. The van der Waals surface area contributed by atoms with E-state index in [1.54, 1.807) is 0 Å². The number of benzene rings is 2. The quantitative estimate of drug-likeness (QED) is 0.699. The third-order valence-corrected chi connectivity index (χ3v) is 4.15. The van der Waals surface area contributed by atoms with Gasteiger partial charge in [-0.1, -0.05) is 48.5 Å². The monoisotopic (exact) mass is 326 g/mol. The molecule has 1 unspecified atom stereocenters. The summed E-state index contributed by atoms with van der Waals surface area (Å²) < 4.78 is 0. The first-order valence-electron chi connectivity index (χ1n) is 8.34. The zero-order valence-corrected chi connectivity index (χ0v) is 14.4. The lowest BCUT2D eigenvalue weighted by Crippen LogP contribution is -2.22. The van der Waals surface area contributed by atoms with Crippen molar-refractivity contribution in [1.29, 1.82) is 0 Å². The summed E-state index contributed by atoms with van der Waals surface area (Å²) in [5.41, 5.74) is 4.52. The summed E-state index contributed by atoms with van der Waals surface area (Å²) in [5.74, 6) is 0.00704. The number of nitrogens with one attached hydrogen (secondary N) is 2. The van der Waals surface area contributed by atoms with Gasteiger partial charge in [0.05, 0.1) is 6.61 Å². The number of hydrogen-bond donors (Lipinski definition) is 3. The molecule has 2 aromatic rings. The van der Waals surface area contributed by atoms with E-state index in [0.29, 0.717) is 6.54 Å². The second-order valence-electron chi connectivity index (χ2n) is 6.00. The van der Waals surface area contributed by atoms with Crippen molar-refractivity contribution in [3.05, 3.63) is 70.8 Å². The van der Waals surface area contributed by atoms with Gasteiger partial charge in [-0.25, -0.2) is 0 Å². The predicted molar refractivity (Wildman–Crippen MR) is 96.4 cm³/mol. The molecule has 0 aromatic heterocycles. The van der Waals surface area contributed by atoms with E-state index in [-0.39, 0.29) is 18.6 Å². The summed E-state index contributed by atoms with van der Waals surface area (Å²) in [6, 6.07) is 16.6. The van der Waals surface area contributed by atoms with E-state index in [2.05, 4.69) is 41.8 Å². The molecule has 0 saturated carbocycles. The summed E-state index contributed by atoms with van der Waals surface area (Å²) in [7, 11) is 0. The smallest absolute Gasteiger partial charge is 0.216 e. The van der Waals surface area contributed by atoms with E-state index in [9.17, 15) is 9.90 Å². The largest absolute Gasteiger partial charge is 0.392 e. The van der Waals surface area contributed by atoms with E-state index < -0.39 is 0 Å². The molecular weight excluding hydrogens is 300 g/mol. The number of hydrogen-bond acceptors (Lipinski definition) is 3. The maximum atomic E-state index is 10.9. The van der Waals surface area contributed by atoms with Crippen molar-refractivity contribution in [1.82, 2.24) is 10.6 Å². The van der Waals surface area contributed by atoms with Crippen molar-refractivity contribution in [2.75, 3.05) is 6.54 Å². The molecule has 1 atom stereocenters. The third kappa shape index (κ3) is 5.48. The normalized spacial score (nSPS) is 12.0. The molecule has 3 N–H and O–H groups in total. The summed E-state index contributed by atoms with van der Waals surface area (Å²) >= 11 is 0. The zero-order valence-electron chi connectivity index (χ0n) is 14.4. The molecule has 128 valence electrons. The molecule has 0 aliphatic rings. The highest BCUT2D eigenvalue weighted by molar-refractivity contribution is 5.72. The number of carbonyl (C=O) groups is 1. The van der Waals surface area contributed by atoms with Crippen LogP contribution in [0.3, 0.4) is 0 Å². The highest BCUT2D eigenvalue weighted by Gasteiger charge is 2.07. The van der Waals surface area contributed by atoms with E-state index >= 15 is 0 Å². The van der Waals surface area contributed by atoms with Crippen molar-refractivity contribution < 1.29 is 9.90 Å². The lowest BCUT2D eigenvalue weighted by molar-refractivity contribution is -0.118. The molecule has 0 saturated heterocycles. The van der Waals surface area contributed by atoms with Crippen molar-refractivity contribution >= 4 is 5.91 Å². The van der Waals surface area contributed by atoms with Gasteiger partial charge in [-0.15, -0.1) is 0 Å². The second kappa shape index (κ2) is 9.21. The Kier molecular flexibility index (Phi) is 6.97. The number of rotatable bonds is 8. The molecule has 0 bridgehead atoms. The van der Waals surface area contributed by atoms with Gasteiger partial charge in [-0.05, 0) is 35.6 Å². The van der Waals surface area contributed by atoms with Crippen LogP contribution in [0.2, 0.25) is 0 Å². The molecule has 0 spiro atoms. The second-order valence-corrected chi connectivity index (χ2v) is 6.00. The fourth-order valence-corrected chi connectivity index (χ4v) is 2.62. The Labute approximate surface area is 143 Å². The molecule has 24 heavy (non-hydrogen) atoms. The van der Waals surface area contributed by atoms with Crippen LogP contribution in [0.5, 0.6) is 0 Å². The van der Waals surface area contributed by atoms with Gasteiger partial charge in [-0.2, -0.15) is 0 Å². The number of carbonyl (C=O) groups excluding carboxylic acids is 1. The van der Waals surface area contributed by atoms with Gasteiger partial charge in [0.15, 0.2) is 0 Å². The van der Waals surface area contributed by atoms with Gasteiger partial charge in [-0.3, -0.25) is 4.79 Å². The Morgan fingerprint density at radius 1 is 1.08 bits per heavy atom. The van der Waals surface area contributed by atoms with Gasteiger partial charge in [0.1, 0.15) is 0 Å². The predicted octanol–water partition coefficient (Wildman–Crippen LogP) is 2.71. The maximum Gasteiger partial charge on any atom is 0.216 e. The lowest BCUT2D eigenvalue weighted by atomic mass is 10.0. The van der Waals surface area contributed by atoms with E-state index in [0.717, 1.165) is 24.1 Å². The molecule has 2 rings (SSSR count). The van der Waals surface area contributed by atoms with Crippen molar-refractivity contribution in [3.63, 3.8) is 0 Å². The van der Waals surface area contributed by atoms with Gasteiger partial charge in [0.25, 0.3) is 0 Å². The van der Waals surface area contributed by atoms with Crippen molar-refractivity contribution in [2.24, 2.45) is 0 Å². The number of amides is 1. The first-order valence-corrected chi connectivity index (χ1v) is 8.34. The number of aliphatic hydroxyl groups excluding tert-OH is 1. The molecule has 1 amide bonds. The highest BCUT2D eigenvalue weighted by atomic mass is 16.3. The molecule has 4 nitrogen and oxygen atoms in total. The van der Waals surface area contributed by atoms with Crippen LogP contribution in [0.25, 0.3) is 0 Å². The molecule has 0 aliphatic heterocycles. The van der Waals surface area contributed by atoms with Crippen LogP contribution in [-0.2, 0) is 24.4 Å². The van der Waals surface area contributed by atoms with Crippen LogP contribution in [0.4, 0.5) is 0 Å². The summed E-state index contributed by atoms with van der Waals surface area (Å²) in [6.07, 6.45) is 0.839. The van der Waals surface area contributed by atoms with Crippen LogP contribution in [0, 0.1) is 0 Å². The fraction of sp³-hybridized carbons (Fsp3) is 0.350. The Morgan fingerprint density at radius 2 is 1.75 bits per heavy atom. The van der Waals surface area contributed by atoms with Gasteiger partial charge >= 0.3 is 0 Å². The SMILES string of the molecule is CC(=O)NCCc1ccc(C(C)NCc2ccccc2CO)cc1.